The summed E-state index contributed by atoms with van der Waals surface area (Å²) in [6.45, 7) is 1.40. The monoisotopic (exact) mass is 407 g/mol. The van der Waals surface area contributed by atoms with Gasteiger partial charge in [-0.1, -0.05) is 36.4 Å². The Labute approximate surface area is 173 Å². The third kappa shape index (κ3) is 3.61. The molecule has 1 aliphatic heterocycles. The molecule has 148 valence electrons. The minimum absolute atomic E-state index is 0.285. The van der Waals surface area contributed by atoms with Gasteiger partial charge in [0.2, 0.25) is 0 Å². The van der Waals surface area contributed by atoms with Crippen LogP contribution in [0.15, 0.2) is 48.5 Å². The Morgan fingerprint density at radius 1 is 1.07 bits per heavy atom. The first-order valence-corrected chi connectivity index (χ1v) is 10.2. The minimum atomic E-state index is -0.551. The molecule has 1 N–H and O–H groups in total. The van der Waals surface area contributed by atoms with E-state index in [2.05, 4.69) is 9.69 Å². The Morgan fingerprint density at radius 3 is 2.24 bits per heavy atom. The number of ether oxygens (including phenoxy) is 1. The number of benzene rings is 2. The van der Waals surface area contributed by atoms with Crippen molar-refractivity contribution >= 4 is 39.8 Å². The molecule has 2 heterocycles. The topological polar surface area (TPSA) is 71.5 Å². The Bertz CT molecular complexity index is 1030. The van der Waals surface area contributed by atoms with Crippen molar-refractivity contribution in [3.63, 3.8) is 0 Å². The SMILES string of the molecule is CNc1snc(C)c1C(=O)OCC(=O)N1c2ccccc2CCc2ccccc21. The maximum atomic E-state index is 13.2. The number of fused-ring (bicyclic) bond motifs is 2. The van der Waals surface area contributed by atoms with Gasteiger partial charge in [0.05, 0.1) is 17.1 Å². The van der Waals surface area contributed by atoms with Crippen LogP contribution in [0.2, 0.25) is 0 Å². The molecule has 0 saturated carbocycles. The molecule has 0 bridgehead atoms. The number of aryl methyl sites for hydroxylation is 3. The number of nitrogens with one attached hydrogen (secondary N) is 1. The lowest BCUT2D eigenvalue weighted by atomic mass is 10.0. The molecule has 3 aromatic rings. The molecule has 0 spiro atoms. The smallest absolute Gasteiger partial charge is 0.343 e. The lowest BCUT2D eigenvalue weighted by Gasteiger charge is -2.24. The van der Waals surface area contributed by atoms with Gasteiger partial charge >= 0.3 is 5.97 Å². The normalized spacial score (nSPS) is 12.6. The number of rotatable bonds is 4. The van der Waals surface area contributed by atoms with E-state index in [1.54, 1.807) is 18.9 Å². The molecule has 7 heteroatoms. The van der Waals surface area contributed by atoms with Gasteiger partial charge in [-0.3, -0.25) is 9.69 Å². The van der Waals surface area contributed by atoms with Crippen LogP contribution in [-0.2, 0) is 22.4 Å². The van der Waals surface area contributed by atoms with Crippen molar-refractivity contribution in [3.05, 3.63) is 70.9 Å². The maximum absolute atomic E-state index is 13.2. The molecule has 0 fully saturated rings. The number of nitrogens with zero attached hydrogens (tertiary/aromatic N) is 2. The first-order chi connectivity index (χ1) is 14.1. The van der Waals surface area contributed by atoms with E-state index < -0.39 is 5.97 Å². The van der Waals surface area contributed by atoms with Gasteiger partial charge in [0.25, 0.3) is 5.91 Å². The average molecular weight is 407 g/mol. The number of carbonyl (C=O) groups is 2. The van der Waals surface area contributed by atoms with E-state index in [0.29, 0.717) is 16.3 Å². The number of para-hydroxylation sites is 2. The third-order valence-electron chi connectivity index (χ3n) is 5.00. The molecule has 0 aliphatic carbocycles. The number of anilines is 3. The summed E-state index contributed by atoms with van der Waals surface area (Å²) in [4.78, 5) is 27.5. The number of hydrogen-bond acceptors (Lipinski definition) is 6. The molecule has 29 heavy (non-hydrogen) atoms. The molecule has 0 unspecified atom stereocenters. The summed E-state index contributed by atoms with van der Waals surface area (Å²) in [7, 11) is 1.72. The number of hydrogen-bond donors (Lipinski definition) is 1. The zero-order chi connectivity index (χ0) is 20.4. The van der Waals surface area contributed by atoms with E-state index in [0.717, 1.165) is 35.3 Å². The van der Waals surface area contributed by atoms with Crippen LogP contribution >= 0.6 is 11.5 Å². The molecule has 4 rings (SSSR count). The third-order valence-corrected chi connectivity index (χ3v) is 5.95. The summed E-state index contributed by atoms with van der Waals surface area (Å²) < 4.78 is 9.57. The summed E-state index contributed by atoms with van der Waals surface area (Å²) >= 11 is 1.19. The quantitative estimate of drug-likeness (QED) is 0.659. The number of amides is 1. The number of carbonyl (C=O) groups excluding carboxylic acids is 2. The van der Waals surface area contributed by atoms with E-state index in [1.807, 2.05) is 48.5 Å². The highest BCUT2D eigenvalue weighted by Gasteiger charge is 2.27. The Balaban J connectivity index is 1.62. The van der Waals surface area contributed by atoms with Gasteiger partial charge in [0, 0.05) is 7.05 Å². The van der Waals surface area contributed by atoms with Crippen molar-refractivity contribution in [3.8, 4) is 0 Å². The van der Waals surface area contributed by atoms with Gasteiger partial charge in [-0.05, 0) is 54.6 Å². The van der Waals surface area contributed by atoms with Crippen LogP contribution in [0.5, 0.6) is 0 Å². The first kappa shape index (κ1) is 19.1. The number of esters is 1. The highest BCUT2D eigenvalue weighted by atomic mass is 32.1. The second-order valence-corrected chi connectivity index (χ2v) is 7.56. The summed E-state index contributed by atoms with van der Waals surface area (Å²) in [5.41, 5.74) is 4.83. The van der Waals surface area contributed by atoms with E-state index in [9.17, 15) is 9.59 Å². The second kappa shape index (κ2) is 8.05. The van der Waals surface area contributed by atoms with Crippen LogP contribution in [0.3, 0.4) is 0 Å². The average Bonchev–Trinajstić information content (AvgIpc) is 3.03. The lowest BCUT2D eigenvalue weighted by Crippen LogP contribution is -2.31. The molecule has 0 atom stereocenters. The Kier molecular flexibility index (Phi) is 5.31. The van der Waals surface area contributed by atoms with Crippen LogP contribution in [0.25, 0.3) is 0 Å². The Hall–Kier alpha value is -3.19. The van der Waals surface area contributed by atoms with Crippen molar-refractivity contribution in [2.45, 2.75) is 19.8 Å². The molecule has 1 aliphatic rings. The van der Waals surface area contributed by atoms with Crippen LogP contribution in [0, 0.1) is 6.92 Å². The molecule has 1 aromatic heterocycles. The molecular weight excluding hydrogens is 386 g/mol. The zero-order valence-corrected chi connectivity index (χ0v) is 17.1. The van der Waals surface area contributed by atoms with Crippen molar-refractivity contribution in [1.82, 2.24) is 4.37 Å². The van der Waals surface area contributed by atoms with E-state index >= 15 is 0 Å². The van der Waals surface area contributed by atoms with Crippen LogP contribution < -0.4 is 10.2 Å². The predicted octanol–water partition coefficient (Wildman–Crippen LogP) is 4.11. The standard InChI is InChI=1S/C22H21N3O3S/c1-14-20(21(23-2)29-24-14)22(27)28-13-19(26)25-17-9-5-3-7-15(17)11-12-16-8-4-6-10-18(16)25/h3-10,23H,11-13H2,1-2H3. The minimum Gasteiger partial charge on any atom is -0.452 e. The maximum Gasteiger partial charge on any atom is 0.343 e. The van der Waals surface area contributed by atoms with Crippen molar-refractivity contribution in [2.24, 2.45) is 0 Å². The Morgan fingerprint density at radius 2 is 1.66 bits per heavy atom. The fourth-order valence-corrected chi connectivity index (χ4v) is 4.33. The van der Waals surface area contributed by atoms with Gasteiger partial charge in [0.15, 0.2) is 6.61 Å². The summed E-state index contributed by atoms with van der Waals surface area (Å²) in [5, 5.41) is 3.57. The highest BCUT2D eigenvalue weighted by molar-refractivity contribution is 7.10. The van der Waals surface area contributed by atoms with Crippen molar-refractivity contribution in [1.29, 1.82) is 0 Å². The summed E-state index contributed by atoms with van der Waals surface area (Å²) in [5.74, 6) is -0.836. The van der Waals surface area contributed by atoms with Gasteiger partial charge in [-0.25, -0.2) is 4.79 Å². The molecule has 2 aromatic carbocycles. The second-order valence-electron chi connectivity index (χ2n) is 6.78. The largest absolute Gasteiger partial charge is 0.452 e. The first-order valence-electron chi connectivity index (χ1n) is 9.40. The summed E-state index contributed by atoms with van der Waals surface area (Å²) in [6.07, 6.45) is 1.70. The van der Waals surface area contributed by atoms with Crippen LogP contribution in [0.4, 0.5) is 16.4 Å². The highest BCUT2D eigenvalue weighted by Crippen LogP contribution is 2.36. The fraction of sp³-hybridized carbons (Fsp3) is 0.227. The van der Waals surface area contributed by atoms with Gasteiger partial charge in [-0.2, -0.15) is 4.37 Å². The van der Waals surface area contributed by atoms with E-state index in [1.165, 1.54) is 11.5 Å². The molecule has 1 amide bonds. The molecule has 0 saturated heterocycles. The summed E-state index contributed by atoms with van der Waals surface area (Å²) in [6, 6.07) is 15.7. The van der Waals surface area contributed by atoms with Crippen molar-refractivity contribution in [2.75, 3.05) is 23.9 Å². The van der Waals surface area contributed by atoms with Gasteiger partial charge < -0.3 is 10.1 Å². The molecule has 0 radical (unpaired) electrons. The lowest BCUT2D eigenvalue weighted by molar-refractivity contribution is -0.120. The fourth-order valence-electron chi connectivity index (χ4n) is 3.59. The van der Waals surface area contributed by atoms with Gasteiger partial charge in [0.1, 0.15) is 10.6 Å². The van der Waals surface area contributed by atoms with Crippen LogP contribution in [0.1, 0.15) is 27.2 Å². The predicted molar refractivity (Wildman–Crippen MR) is 114 cm³/mol. The number of aromatic nitrogens is 1. The van der Waals surface area contributed by atoms with E-state index in [-0.39, 0.29) is 12.5 Å². The van der Waals surface area contributed by atoms with Crippen molar-refractivity contribution < 1.29 is 14.3 Å². The van der Waals surface area contributed by atoms with Crippen LogP contribution in [-0.4, -0.2) is 29.9 Å². The molecule has 6 nitrogen and oxygen atoms in total. The van der Waals surface area contributed by atoms with Gasteiger partial charge in [-0.15, -0.1) is 0 Å². The van der Waals surface area contributed by atoms with E-state index in [4.69, 9.17) is 4.74 Å². The zero-order valence-electron chi connectivity index (χ0n) is 16.3. The molecular formula is C22H21N3O3S.